The number of halogens is 1. The second kappa shape index (κ2) is 5.66. The fraction of sp³-hybridized carbons (Fsp3) is 0.286. The summed E-state index contributed by atoms with van der Waals surface area (Å²) < 4.78 is 6.34. The zero-order chi connectivity index (χ0) is 14.9. The van der Waals surface area contributed by atoms with Gasteiger partial charge in [-0.25, -0.2) is 4.79 Å². The topological polar surface area (TPSA) is 75.2 Å². The van der Waals surface area contributed by atoms with E-state index >= 15 is 0 Å². The molecule has 1 aromatic heterocycles. The molecule has 0 unspecified atom stereocenters. The minimum Gasteiger partial charge on any atom is -0.496 e. The predicted molar refractivity (Wildman–Crippen MR) is 79.3 cm³/mol. The van der Waals surface area contributed by atoms with Crippen molar-refractivity contribution < 1.29 is 14.6 Å². The zero-order valence-electron chi connectivity index (χ0n) is 11.4. The number of aromatic amines is 1. The van der Waals surface area contributed by atoms with Crippen LogP contribution in [0.2, 0.25) is 0 Å². The summed E-state index contributed by atoms with van der Waals surface area (Å²) in [4.78, 5) is 10.9. The van der Waals surface area contributed by atoms with Gasteiger partial charge in [0.1, 0.15) is 11.4 Å². The molecule has 5 nitrogen and oxygen atoms in total. The van der Waals surface area contributed by atoms with Crippen LogP contribution in [0, 0.1) is 0 Å². The van der Waals surface area contributed by atoms with E-state index < -0.39 is 5.97 Å². The van der Waals surface area contributed by atoms with Crippen molar-refractivity contribution in [1.82, 2.24) is 10.2 Å². The number of aromatic nitrogens is 2. The largest absolute Gasteiger partial charge is 0.496 e. The Labute approximate surface area is 125 Å². The lowest BCUT2D eigenvalue weighted by Gasteiger charge is -2.15. The van der Waals surface area contributed by atoms with Gasteiger partial charge in [0, 0.05) is 15.6 Å². The lowest BCUT2D eigenvalue weighted by Crippen LogP contribution is -1.96. The van der Waals surface area contributed by atoms with E-state index in [0.29, 0.717) is 11.6 Å². The molecule has 6 heteroatoms. The number of carboxylic acid groups (broad SMARTS) is 1. The number of carboxylic acids is 1. The molecule has 1 aromatic carbocycles. The first-order valence-electron chi connectivity index (χ1n) is 6.10. The average molecular weight is 339 g/mol. The van der Waals surface area contributed by atoms with Gasteiger partial charge in [-0.1, -0.05) is 29.8 Å². The summed E-state index contributed by atoms with van der Waals surface area (Å²) in [6.07, 6.45) is 0. The van der Waals surface area contributed by atoms with Crippen LogP contribution in [0.5, 0.6) is 5.75 Å². The van der Waals surface area contributed by atoms with Crippen molar-refractivity contribution >= 4 is 21.9 Å². The molecule has 20 heavy (non-hydrogen) atoms. The molecule has 0 spiro atoms. The Morgan fingerprint density at radius 2 is 2.10 bits per heavy atom. The number of carbonyl (C=O) groups is 1. The van der Waals surface area contributed by atoms with E-state index in [0.717, 1.165) is 21.3 Å². The van der Waals surface area contributed by atoms with Crippen LogP contribution < -0.4 is 4.74 Å². The fourth-order valence-corrected chi connectivity index (χ4v) is 2.95. The van der Waals surface area contributed by atoms with Gasteiger partial charge >= 0.3 is 5.97 Å². The molecular formula is C14H15BrN2O3. The Kier molecular flexibility index (Phi) is 4.13. The standard InChI is InChI=1S/C14H15BrN2O3/c1-7(2)13-9(15)4-8(5-12(13)20-3)10-6-11(14(18)19)17-16-10/h4-7H,1-3H3,(H,16,17)(H,18,19). The van der Waals surface area contributed by atoms with E-state index in [4.69, 9.17) is 9.84 Å². The van der Waals surface area contributed by atoms with E-state index in [9.17, 15) is 4.79 Å². The maximum atomic E-state index is 10.9. The molecule has 0 fully saturated rings. The molecule has 2 aromatic rings. The highest BCUT2D eigenvalue weighted by Crippen LogP contribution is 2.37. The van der Waals surface area contributed by atoms with Gasteiger partial charge in [-0.2, -0.15) is 5.10 Å². The van der Waals surface area contributed by atoms with Crippen molar-refractivity contribution in [2.24, 2.45) is 0 Å². The lowest BCUT2D eigenvalue weighted by molar-refractivity contribution is 0.0690. The van der Waals surface area contributed by atoms with Crippen LogP contribution >= 0.6 is 15.9 Å². The highest BCUT2D eigenvalue weighted by atomic mass is 79.9. The van der Waals surface area contributed by atoms with Crippen molar-refractivity contribution in [2.75, 3.05) is 7.11 Å². The van der Waals surface area contributed by atoms with Crippen LogP contribution in [-0.4, -0.2) is 28.4 Å². The Morgan fingerprint density at radius 3 is 2.60 bits per heavy atom. The monoisotopic (exact) mass is 338 g/mol. The highest BCUT2D eigenvalue weighted by Gasteiger charge is 2.16. The predicted octanol–water partition coefficient (Wildman–Crippen LogP) is 3.67. The maximum Gasteiger partial charge on any atom is 0.353 e. The van der Waals surface area contributed by atoms with E-state index in [1.807, 2.05) is 12.1 Å². The summed E-state index contributed by atoms with van der Waals surface area (Å²) in [6.45, 7) is 4.17. The van der Waals surface area contributed by atoms with E-state index in [1.165, 1.54) is 6.07 Å². The number of H-pyrrole nitrogens is 1. The number of aromatic carboxylic acids is 1. The van der Waals surface area contributed by atoms with Crippen LogP contribution in [-0.2, 0) is 0 Å². The number of ether oxygens (including phenoxy) is 1. The summed E-state index contributed by atoms with van der Waals surface area (Å²) in [5.41, 5.74) is 2.49. The highest BCUT2D eigenvalue weighted by molar-refractivity contribution is 9.10. The number of rotatable bonds is 4. The SMILES string of the molecule is COc1cc(-c2cc(C(=O)O)[nH]n2)cc(Br)c1C(C)C. The quantitative estimate of drug-likeness (QED) is 0.891. The molecule has 0 bridgehead atoms. The van der Waals surface area contributed by atoms with Crippen LogP contribution in [0.15, 0.2) is 22.7 Å². The average Bonchev–Trinajstić information content (AvgIpc) is 2.86. The molecule has 2 rings (SSSR count). The minimum absolute atomic E-state index is 0.0584. The van der Waals surface area contributed by atoms with Gasteiger partial charge in [-0.3, -0.25) is 5.10 Å². The number of hydrogen-bond donors (Lipinski definition) is 2. The minimum atomic E-state index is -1.03. The molecule has 0 saturated carbocycles. The molecule has 0 amide bonds. The Morgan fingerprint density at radius 1 is 1.40 bits per heavy atom. The van der Waals surface area contributed by atoms with Crippen LogP contribution in [0.25, 0.3) is 11.3 Å². The first-order valence-corrected chi connectivity index (χ1v) is 6.89. The third-order valence-electron chi connectivity index (χ3n) is 2.99. The molecule has 0 saturated heterocycles. The lowest BCUT2D eigenvalue weighted by atomic mass is 9.99. The summed E-state index contributed by atoms with van der Waals surface area (Å²) in [6, 6.07) is 5.28. The van der Waals surface area contributed by atoms with Gasteiger partial charge in [-0.15, -0.1) is 0 Å². The molecule has 0 atom stereocenters. The van der Waals surface area contributed by atoms with Gasteiger partial charge in [-0.05, 0) is 24.1 Å². The molecule has 0 aliphatic heterocycles. The van der Waals surface area contributed by atoms with Crippen molar-refractivity contribution in [3.63, 3.8) is 0 Å². The fourth-order valence-electron chi connectivity index (χ4n) is 2.05. The molecule has 0 radical (unpaired) electrons. The van der Waals surface area contributed by atoms with Crippen LogP contribution in [0.3, 0.4) is 0 Å². The van der Waals surface area contributed by atoms with Crippen molar-refractivity contribution in [1.29, 1.82) is 0 Å². The van der Waals surface area contributed by atoms with Gasteiger partial charge in [0.05, 0.1) is 12.8 Å². The first-order chi connectivity index (χ1) is 9.43. The second-order valence-electron chi connectivity index (χ2n) is 4.70. The molecule has 1 heterocycles. The Balaban J connectivity index is 2.52. The number of methoxy groups -OCH3 is 1. The van der Waals surface area contributed by atoms with Crippen LogP contribution in [0.1, 0.15) is 35.8 Å². The smallest absolute Gasteiger partial charge is 0.353 e. The third kappa shape index (κ3) is 2.70. The number of nitrogens with zero attached hydrogens (tertiary/aromatic N) is 1. The normalized spacial score (nSPS) is 10.8. The van der Waals surface area contributed by atoms with Gasteiger partial charge in [0.2, 0.25) is 0 Å². The van der Waals surface area contributed by atoms with E-state index in [-0.39, 0.29) is 5.69 Å². The maximum absolute atomic E-state index is 10.9. The molecule has 2 N–H and O–H groups in total. The van der Waals surface area contributed by atoms with Gasteiger partial charge < -0.3 is 9.84 Å². The van der Waals surface area contributed by atoms with Crippen LogP contribution in [0.4, 0.5) is 0 Å². The summed E-state index contributed by atoms with van der Waals surface area (Å²) in [7, 11) is 1.62. The summed E-state index contributed by atoms with van der Waals surface area (Å²) in [5, 5.41) is 15.4. The Bertz CT molecular complexity index is 650. The zero-order valence-corrected chi connectivity index (χ0v) is 13.0. The number of benzene rings is 1. The number of hydrogen-bond acceptors (Lipinski definition) is 3. The molecule has 106 valence electrons. The Hall–Kier alpha value is -1.82. The molecular weight excluding hydrogens is 324 g/mol. The molecule has 0 aliphatic rings. The second-order valence-corrected chi connectivity index (χ2v) is 5.56. The van der Waals surface area contributed by atoms with Gasteiger partial charge in [0.25, 0.3) is 0 Å². The van der Waals surface area contributed by atoms with E-state index in [1.54, 1.807) is 7.11 Å². The van der Waals surface area contributed by atoms with Crippen molar-refractivity contribution in [2.45, 2.75) is 19.8 Å². The summed E-state index contributed by atoms with van der Waals surface area (Å²) >= 11 is 3.54. The molecule has 0 aliphatic carbocycles. The summed E-state index contributed by atoms with van der Waals surface area (Å²) in [5.74, 6) is 0.0278. The number of nitrogens with one attached hydrogen (secondary N) is 1. The van der Waals surface area contributed by atoms with Crippen molar-refractivity contribution in [3.05, 3.63) is 33.9 Å². The van der Waals surface area contributed by atoms with Crippen molar-refractivity contribution in [3.8, 4) is 17.0 Å². The first kappa shape index (κ1) is 14.6. The van der Waals surface area contributed by atoms with E-state index in [2.05, 4.69) is 40.0 Å². The third-order valence-corrected chi connectivity index (χ3v) is 3.65. The van der Waals surface area contributed by atoms with Gasteiger partial charge in [0.15, 0.2) is 0 Å².